The summed E-state index contributed by atoms with van der Waals surface area (Å²) in [5.74, 6) is 0. The molecule has 2 nitrogen and oxygen atoms in total. The average Bonchev–Trinajstić information content (AvgIpc) is 4.39. The van der Waals surface area contributed by atoms with Gasteiger partial charge in [-0.3, -0.25) is 0 Å². The van der Waals surface area contributed by atoms with Crippen molar-refractivity contribution in [1.82, 2.24) is 9.13 Å². The highest BCUT2D eigenvalue weighted by molar-refractivity contribution is 7.99. The fraction of sp³-hybridized carbons (Fsp3) is 0.0286. The van der Waals surface area contributed by atoms with Crippen LogP contribution in [0.2, 0.25) is 0 Å². The Morgan fingerprint density at radius 2 is 0.539 bits per heavy atom. The molecule has 0 N–H and O–H groups in total. The highest BCUT2D eigenvalue weighted by atomic mass is 32.2. The molecule has 6 heteroatoms. The summed E-state index contributed by atoms with van der Waals surface area (Å²) in [5, 5.41) is 5.09. The van der Waals surface area contributed by atoms with Gasteiger partial charge in [-0.1, -0.05) is 193 Å². The zero-order valence-corrected chi connectivity index (χ0v) is 44.0. The van der Waals surface area contributed by atoms with E-state index >= 15 is 0 Å². The van der Waals surface area contributed by atoms with Gasteiger partial charge in [-0.15, -0.1) is 22.7 Å². The highest BCUT2D eigenvalue weighted by Crippen LogP contribution is 2.70. The van der Waals surface area contributed by atoms with E-state index in [4.69, 9.17) is 0 Å². The van der Waals surface area contributed by atoms with Crippen molar-refractivity contribution in [2.24, 2.45) is 0 Å². The van der Waals surface area contributed by atoms with E-state index in [1.54, 1.807) is 0 Å². The van der Waals surface area contributed by atoms with E-state index < -0.39 is 10.8 Å². The van der Waals surface area contributed by atoms with Crippen molar-refractivity contribution in [3.63, 3.8) is 0 Å². The van der Waals surface area contributed by atoms with Crippen LogP contribution in [0.15, 0.2) is 274 Å². The second-order valence-corrected chi connectivity index (χ2v) is 24.5. The Bertz CT molecular complexity index is 4170. The van der Waals surface area contributed by atoms with E-state index in [9.17, 15) is 0 Å². The maximum absolute atomic E-state index is 2.61. The molecule has 14 aromatic rings. The summed E-state index contributed by atoms with van der Waals surface area (Å²) in [6.45, 7) is 0. The molecule has 0 unspecified atom stereocenters. The Kier molecular flexibility index (Phi) is 9.20. The molecule has 6 heterocycles. The van der Waals surface area contributed by atoms with Crippen molar-refractivity contribution in [3.8, 4) is 32.3 Å². The SMILES string of the molecule is c1ccc2c(c1)Sc1ccccc1C21c2cc(-c3ccc(-n4c5ccccc5c5ccccc54)cc3)sc2C2(c3ccccc3Sc3ccccc32)c2cc(-c3ccc(-n4c5ccccc5c5ccccc54)cc3)sc21. The first-order chi connectivity index (χ1) is 37.7. The van der Waals surface area contributed by atoms with Gasteiger partial charge >= 0.3 is 0 Å². The van der Waals surface area contributed by atoms with Gasteiger partial charge in [0.2, 0.25) is 0 Å². The molecular weight excluding hydrogens is 997 g/mol. The van der Waals surface area contributed by atoms with Crippen LogP contribution >= 0.6 is 46.2 Å². The molecule has 0 amide bonds. The summed E-state index contributed by atoms with van der Waals surface area (Å²) in [6.07, 6.45) is 0. The first kappa shape index (κ1) is 43.2. The number of thiophene rings is 2. The lowest BCUT2D eigenvalue weighted by atomic mass is 9.55. The maximum atomic E-state index is 2.61. The molecule has 0 saturated heterocycles. The van der Waals surface area contributed by atoms with E-state index in [1.165, 1.54) is 127 Å². The largest absolute Gasteiger partial charge is 0.309 e. The summed E-state index contributed by atoms with van der Waals surface area (Å²) in [6, 6.07) is 96.3. The number of rotatable bonds is 4. The van der Waals surface area contributed by atoms with Crippen molar-refractivity contribution in [2.75, 3.05) is 0 Å². The molecule has 0 bridgehead atoms. The lowest BCUT2D eigenvalue weighted by Gasteiger charge is -2.51. The molecule has 2 spiro atoms. The normalized spacial score (nSPS) is 14.4. The van der Waals surface area contributed by atoms with E-state index in [0.29, 0.717) is 0 Å². The van der Waals surface area contributed by atoms with E-state index in [-0.39, 0.29) is 0 Å². The topological polar surface area (TPSA) is 9.86 Å². The average molecular weight is 1040 g/mol. The van der Waals surface area contributed by atoms with E-state index in [0.717, 1.165) is 11.4 Å². The van der Waals surface area contributed by atoms with Crippen LogP contribution in [0.1, 0.15) is 43.1 Å². The molecular formula is C70H42N2S4. The monoisotopic (exact) mass is 1040 g/mol. The number of fused-ring (bicyclic) bond motifs is 20. The Morgan fingerprint density at radius 3 is 0.855 bits per heavy atom. The van der Waals surface area contributed by atoms with Crippen LogP contribution < -0.4 is 0 Å². The van der Waals surface area contributed by atoms with E-state index in [2.05, 4.69) is 264 Å². The molecule has 3 aliphatic rings. The van der Waals surface area contributed by atoms with Gasteiger partial charge in [-0.05, 0) is 129 Å². The van der Waals surface area contributed by atoms with Crippen LogP contribution in [0.4, 0.5) is 0 Å². The zero-order valence-electron chi connectivity index (χ0n) is 40.8. The second kappa shape index (κ2) is 16.2. The number of hydrogen-bond donors (Lipinski definition) is 0. The fourth-order valence-corrected chi connectivity index (χ4v) is 18.7. The third-order valence-electron chi connectivity index (χ3n) is 16.5. The number of benzene rings is 10. The summed E-state index contributed by atoms with van der Waals surface area (Å²) in [5.41, 5.74) is 16.6. The molecule has 0 radical (unpaired) electrons. The molecule has 2 aliphatic heterocycles. The third-order valence-corrected chi connectivity index (χ3v) is 21.4. The van der Waals surface area contributed by atoms with Crippen LogP contribution in [0.25, 0.3) is 75.9 Å². The first-order valence-electron chi connectivity index (χ1n) is 25.9. The molecule has 10 aromatic carbocycles. The molecule has 4 aromatic heterocycles. The predicted molar refractivity (Wildman–Crippen MR) is 320 cm³/mol. The lowest BCUT2D eigenvalue weighted by Crippen LogP contribution is -2.45. The highest BCUT2D eigenvalue weighted by Gasteiger charge is 2.60. The van der Waals surface area contributed by atoms with Crippen molar-refractivity contribution < 1.29 is 0 Å². The number of nitrogens with zero attached hydrogens (tertiary/aromatic N) is 2. The Labute approximate surface area is 456 Å². The van der Waals surface area contributed by atoms with Crippen LogP contribution in [-0.4, -0.2) is 9.13 Å². The number of aromatic nitrogens is 2. The van der Waals surface area contributed by atoms with Crippen molar-refractivity contribution in [1.29, 1.82) is 0 Å². The zero-order chi connectivity index (χ0) is 49.7. The smallest absolute Gasteiger partial charge is 0.0831 e. The molecule has 17 rings (SSSR count). The van der Waals surface area contributed by atoms with Gasteiger partial charge in [0.05, 0.1) is 32.9 Å². The first-order valence-corrected chi connectivity index (χ1v) is 29.2. The maximum Gasteiger partial charge on any atom is 0.0831 e. The minimum atomic E-state index is -0.605. The predicted octanol–water partition coefficient (Wildman–Crippen LogP) is 19.3. The summed E-state index contributed by atoms with van der Waals surface area (Å²) in [4.78, 5) is 10.6. The van der Waals surface area contributed by atoms with Gasteiger partial charge < -0.3 is 9.13 Å². The van der Waals surface area contributed by atoms with Gasteiger partial charge in [-0.2, -0.15) is 0 Å². The van der Waals surface area contributed by atoms with Gasteiger partial charge in [0.25, 0.3) is 0 Å². The Hall–Kier alpha value is -8.10. The summed E-state index contributed by atoms with van der Waals surface area (Å²) < 4.78 is 4.85. The van der Waals surface area contributed by atoms with Crippen molar-refractivity contribution in [3.05, 3.63) is 298 Å². The van der Waals surface area contributed by atoms with Gasteiger partial charge in [0.1, 0.15) is 0 Å². The third kappa shape index (κ3) is 5.74. The molecule has 0 saturated carbocycles. The molecule has 356 valence electrons. The van der Waals surface area contributed by atoms with Gasteiger partial charge in [0, 0.05) is 72.0 Å². The molecule has 0 atom stereocenters. The van der Waals surface area contributed by atoms with Crippen LogP contribution in [0.5, 0.6) is 0 Å². The van der Waals surface area contributed by atoms with Gasteiger partial charge in [-0.25, -0.2) is 0 Å². The van der Waals surface area contributed by atoms with E-state index in [1.807, 2.05) is 46.2 Å². The van der Waals surface area contributed by atoms with Crippen LogP contribution in [0, 0.1) is 0 Å². The standard InChI is InChI=1S/C70H42N2S4/c1-9-25-57-47(17-1)48-18-2-10-26-58(48)71(57)45-37-33-43(34-38-45)65-41-55-67(75-65)70(53-23-7-15-31-63(53)74-64-32-16-8-24-54(64)70)56-42-66(76-68(56)69(55)51-21-5-13-29-61(51)73-62-30-14-6-22-52(62)69)44-35-39-46(40-36-44)72-59-27-11-3-19-49(59)50-20-4-12-28-60(50)72/h1-42H. The molecule has 1 aliphatic carbocycles. The van der Waals surface area contributed by atoms with Crippen molar-refractivity contribution >= 4 is 89.8 Å². The quantitative estimate of drug-likeness (QED) is 0.174. The van der Waals surface area contributed by atoms with Crippen LogP contribution in [-0.2, 0) is 10.8 Å². The summed E-state index contributed by atoms with van der Waals surface area (Å²) in [7, 11) is 0. The Balaban J connectivity index is 0.934. The minimum Gasteiger partial charge on any atom is -0.309 e. The number of para-hydroxylation sites is 4. The fourth-order valence-electron chi connectivity index (χ4n) is 13.4. The lowest BCUT2D eigenvalue weighted by molar-refractivity contribution is 0.609. The number of hydrogen-bond acceptors (Lipinski definition) is 4. The van der Waals surface area contributed by atoms with Crippen LogP contribution in [0.3, 0.4) is 0 Å². The molecule has 0 fully saturated rings. The summed E-state index contributed by atoms with van der Waals surface area (Å²) >= 11 is 7.82. The Morgan fingerprint density at radius 1 is 0.263 bits per heavy atom. The van der Waals surface area contributed by atoms with Gasteiger partial charge in [0.15, 0.2) is 0 Å². The second-order valence-electron chi connectivity index (χ2n) is 20.2. The van der Waals surface area contributed by atoms with Crippen molar-refractivity contribution in [2.45, 2.75) is 30.4 Å². The molecule has 76 heavy (non-hydrogen) atoms. The minimum absolute atomic E-state index is 0.605.